The van der Waals surface area contributed by atoms with E-state index < -0.39 is 0 Å². The molecule has 0 spiro atoms. The number of carbonyl (C=O) groups excluding carboxylic acids is 1. The fourth-order valence-corrected chi connectivity index (χ4v) is 2.31. The van der Waals surface area contributed by atoms with Gasteiger partial charge in [0.2, 0.25) is 5.91 Å². The topological polar surface area (TPSA) is 55.1 Å². The summed E-state index contributed by atoms with van der Waals surface area (Å²) in [6.45, 7) is 0. The fraction of sp³-hybridized carbons (Fsp3) is 0.188. The molecule has 0 aliphatic heterocycles. The molecule has 0 saturated heterocycles. The average molecular weight is 286 g/mol. The van der Waals surface area contributed by atoms with Crippen molar-refractivity contribution >= 4 is 23.4 Å². The van der Waals surface area contributed by atoms with E-state index in [4.69, 9.17) is 5.73 Å². The van der Waals surface area contributed by atoms with Crippen LogP contribution in [0.1, 0.15) is 18.0 Å². The number of benzene rings is 2. The van der Waals surface area contributed by atoms with Crippen LogP contribution < -0.4 is 11.1 Å². The van der Waals surface area contributed by atoms with Gasteiger partial charge in [-0.1, -0.05) is 30.3 Å². The van der Waals surface area contributed by atoms with Gasteiger partial charge in [0.15, 0.2) is 0 Å². The minimum absolute atomic E-state index is 0.0711. The summed E-state index contributed by atoms with van der Waals surface area (Å²) in [6.07, 6.45) is 2.29. The van der Waals surface area contributed by atoms with Crippen LogP contribution in [0.2, 0.25) is 0 Å². The third-order valence-electron chi connectivity index (χ3n) is 3.01. The Morgan fingerprint density at radius 1 is 1.15 bits per heavy atom. The maximum absolute atomic E-state index is 12.0. The van der Waals surface area contributed by atoms with Gasteiger partial charge in [0.05, 0.1) is 0 Å². The molecule has 1 amide bonds. The zero-order chi connectivity index (χ0) is 14.4. The van der Waals surface area contributed by atoms with E-state index in [1.54, 1.807) is 11.8 Å². The van der Waals surface area contributed by atoms with E-state index in [0.717, 1.165) is 11.3 Å². The molecule has 2 rings (SSSR count). The lowest BCUT2D eigenvalue weighted by atomic mass is 10.0. The number of nitrogens with one attached hydrogen (secondary N) is 1. The van der Waals surface area contributed by atoms with Gasteiger partial charge in [-0.25, -0.2) is 0 Å². The zero-order valence-corrected chi connectivity index (χ0v) is 12.2. The van der Waals surface area contributed by atoms with Gasteiger partial charge in [-0.15, -0.1) is 11.8 Å². The Morgan fingerprint density at radius 2 is 1.80 bits per heavy atom. The number of carbonyl (C=O) groups is 1. The second-order valence-electron chi connectivity index (χ2n) is 4.50. The number of thioether (sulfide) groups is 1. The summed E-state index contributed by atoms with van der Waals surface area (Å²) in [4.78, 5) is 13.1. The Kier molecular flexibility index (Phi) is 5.21. The molecule has 0 radical (unpaired) electrons. The number of rotatable bonds is 5. The van der Waals surface area contributed by atoms with Crippen LogP contribution in [0, 0.1) is 0 Å². The van der Waals surface area contributed by atoms with E-state index in [1.807, 2.05) is 60.9 Å². The lowest BCUT2D eigenvalue weighted by molar-refractivity contribution is -0.116. The largest absolute Gasteiger partial charge is 0.326 e. The van der Waals surface area contributed by atoms with E-state index in [9.17, 15) is 4.79 Å². The Bertz CT molecular complexity index is 554. The molecule has 4 heteroatoms. The lowest BCUT2D eigenvalue weighted by Crippen LogP contribution is -2.20. The molecule has 20 heavy (non-hydrogen) atoms. The fourth-order valence-electron chi connectivity index (χ4n) is 1.90. The highest BCUT2D eigenvalue weighted by Crippen LogP contribution is 2.19. The molecule has 1 unspecified atom stereocenters. The zero-order valence-electron chi connectivity index (χ0n) is 11.4. The van der Waals surface area contributed by atoms with Crippen LogP contribution in [0.15, 0.2) is 59.5 Å². The van der Waals surface area contributed by atoms with Crippen molar-refractivity contribution in [3.63, 3.8) is 0 Å². The van der Waals surface area contributed by atoms with Crippen LogP contribution in [-0.2, 0) is 4.79 Å². The highest BCUT2D eigenvalue weighted by molar-refractivity contribution is 7.98. The van der Waals surface area contributed by atoms with Crippen molar-refractivity contribution in [2.45, 2.75) is 17.4 Å². The van der Waals surface area contributed by atoms with Crippen LogP contribution in [0.4, 0.5) is 5.69 Å². The quantitative estimate of drug-likeness (QED) is 0.828. The van der Waals surface area contributed by atoms with Gasteiger partial charge in [0, 0.05) is 23.0 Å². The van der Waals surface area contributed by atoms with Gasteiger partial charge in [-0.2, -0.15) is 0 Å². The Balaban J connectivity index is 1.91. The minimum Gasteiger partial charge on any atom is -0.326 e. The molecule has 3 N–H and O–H groups in total. The van der Waals surface area contributed by atoms with E-state index in [-0.39, 0.29) is 18.4 Å². The van der Waals surface area contributed by atoms with Crippen LogP contribution in [0.5, 0.6) is 0 Å². The summed E-state index contributed by atoms with van der Waals surface area (Å²) in [6, 6.07) is 17.1. The van der Waals surface area contributed by atoms with Crippen molar-refractivity contribution in [1.29, 1.82) is 0 Å². The van der Waals surface area contributed by atoms with E-state index in [0.29, 0.717) is 0 Å². The Labute approximate surface area is 123 Å². The van der Waals surface area contributed by atoms with Crippen molar-refractivity contribution in [1.82, 2.24) is 0 Å². The number of amides is 1. The van der Waals surface area contributed by atoms with Gasteiger partial charge in [-0.05, 0) is 36.1 Å². The SMILES string of the molecule is CSc1ccc(NC(=O)CC(N)c2ccccc2)cc1. The smallest absolute Gasteiger partial charge is 0.226 e. The van der Waals surface area contributed by atoms with Crippen LogP contribution >= 0.6 is 11.8 Å². The third-order valence-corrected chi connectivity index (χ3v) is 3.75. The molecule has 2 aromatic rings. The average Bonchev–Trinajstić information content (AvgIpc) is 2.49. The molecule has 0 bridgehead atoms. The number of nitrogens with two attached hydrogens (primary N) is 1. The van der Waals surface area contributed by atoms with Crippen molar-refractivity contribution in [2.75, 3.05) is 11.6 Å². The summed E-state index contributed by atoms with van der Waals surface area (Å²) < 4.78 is 0. The van der Waals surface area contributed by atoms with Crippen molar-refractivity contribution < 1.29 is 4.79 Å². The van der Waals surface area contributed by atoms with Gasteiger partial charge in [-0.3, -0.25) is 4.79 Å². The van der Waals surface area contributed by atoms with E-state index in [1.165, 1.54) is 4.90 Å². The first-order valence-electron chi connectivity index (χ1n) is 6.43. The molecule has 0 aromatic heterocycles. The van der Waals surface area contributed by atoms with Gasteiger partial charge < -0.3 is 11.1 Å². The van der Waals surface area contributed by atoms with E-state index >= 15 is 0 Å². The molecule has 2 aromatic carbocycles. The first-order valence-corrected chi connectivity index (χ1v) is 7.66. The second kappa shape index (κ2) is 7.12. The predicted octanol–water partition coefficient (Wildman–Crippen LogP) is 3.44. The van der Waals surface area contributed by atoms with Gasteiger partial charge >= 0.3 is 0 Å². The number of anilines is 1. The lowest BCUT2D eigenvalue weighted by Gasteiger charge is -2.12. The summed E-state index contributed by atoms with van der Waals surface area (Å²) in [7, 11) is 0. The first kappa shape index (κ1) is 14.6. The standard InChI is InChI=1S/C16H18N2OS/c1-20-14-9-7-13(8-10-14)18-16(19)11-15(17)12-5-3-2-4-6-12/h2-10,15H,11,17H2,1H3,(H,18,19). The van der Waals surface area contributed by atoms with Crippen molar-refractivity contribution in [2.24, 2.45) is 5.73 Å². The highest BCUT2D eigenvalue weighted by Gasteiger charge is 2.11. The molecule has 1 atom stereocenters. The molecule has 3 nitrogen and oxygen atoms in total. The second-order valence-corrected chi connectivity index (χ2v) is 5.38. The highest BCUT2D eigenvalue weighted by atomic mass is 32.2. The predicted molar refractivity (Wildman–Crippen MR) is 84.8 cm³/mol. The summed E-state index contributed by atoms with van der Waals surface area (Å²) in [5, 5.41) is 2.87. The maximum Gasteiger partial charge on any atom is 0.226 e. The molecule has 0 aliphatic rings. The molecule has 0 saturated carbocycles. The number of hydrogen-bond acceptors (Lipinski definition) is 3. The first-order chi connectivity index (χ1) is 9.69. The van der Waals surface area contributed by atoms with Crippen LogP contribution in [0.3, 0.4) is 0 Å². The summed E-state index contributed by atoms with van der Waals surface area (Å²) in [5.74, 6) is -0.0711. The van der Waals surface area contributed by atoms with Gasteiger partial charge in [0.25, 0.3) is 0 Å². The molecule has 104 valence electrons. The van der Waals surface area contributed by atoms with E-state index in [2.05, 4.69) is 5.32 Å². The molecular weight excluding hydrogens is 268 g/mol. The Hall–Kier alpha value is -1.78. The van der Waals surface area contributed by atoms with Gasteiger partial charge in [0.1, 0.15) is 0 Å². The molecule has 0 aliphatic carbocycles. The van der Waals surface area contributed by atoms with Crippen molar-refractivity contribution in [3.05, 3.63) is 60.2 Å². The minimum atomic E-state index is -0.276. The Morgan fingerprint density at radius 3 is 2.40 bits per heavy atom. The third kappa shape index (κ3) is 4.11. The summed E-state index contributed by atoms with van der Waals surface area (Å²) >= 11 is 1.67. The number of hydrogen-bond donors (Lipinski definition) is 2. The summed E-state index contributed by atoms with van der Waals surface area (Å²) in [5.41, 5.74) is 7.80. The van der Waals surface area contributed by atoms with Crippen LogP contribution in [0.25, 0.3) is 0 Å². The molecule has 0 heterocycles. The van der Waals surface area contributed by atoms with Crippen LogP contribution in [-0.4, -0.2) is 12.2 Å². The molecular formula is C16H18N2OS. The monoisotopic (exact) mass is 286 g/mol. The maximum atomic E-state index is 12.0. The van der Waals surface area contributed by atoms with Crippen molar-refractivity contribution in [3.8, 4) is 0 Å². The molecule has 0 fully saturated rings. The normalized spacial score (nSPS) is 11.9.